The third-order valence-electron chi connectivity index (χ3n) is 4.21. The van der Waals surface area contributed by atoms with E-state index in [1.807, 2.05) is 13.8 Å². The summed E-state index contributed by atoms with van der Waals surface area (Å²) in [6, 6.07) is 0. The zero-order chi connectivity index (χ0) is 11.5. The van der Waals surface area contributed by atoms with Crippen molar-refractivity contribution in [2.45, 2.75) is 52.9 Å². The van der Waals surface area contributed by atoms with Crippen LogP contribution in [0.4, 0.5) is 0 Å². The Morgan fingerprint density at radius 2 is 1.87 bits per heavy atom. The molecule has 1 fully saturated rings. The first-order chi connectivity index (χ1) is 7.00. The number of hydrogen-bond acceptors (Lipinski definition) is 2. The van der Waals surface area contributed by atoms with Crippen LogP contribution >= 0.6 is 0 Å². The standard InChI is InChI=1S/C12H24O2Si/c1-9(10-7-5-4-6-8-10)12(2,3)11(13)14-15/h9-10H,4-8H2,1-3,15H3. The molecule has 1 atom stereocenters. The molecule has 0 aromatic heterocycles. The first-order valence-corrected chi connectivity index (χ1v) is 6.90. The van der Waals surface area contributed by atoms with E-state index in [2.05, 4.69) is 6.92 Å². The number of carbonyl (C=O) groups is 1. The molecule has 0 bridgehead atoms. The van der Waals surface area contributed by atoms with Gasteiger partial charge in [-0.15, -0.1) is 0 Å². The molecule has 0 aliphatic heterocycles. The summed E-state index contributed by atoms with van der Waals surface area (Å²) in [5.74, 6) is 1.15. The van der Waals surface area contributed by atoms with Crippen LogP contribution in [0.5, 0.6) is 0 Å². The Balaban J connectivity index is 2.64. The topological polar surface area (TPSA) is 26.3 Å². The van der Waals surface area contributed by atoms with Crippen molar-refractivity contribution >= 4 is 16.5 Å². The van der Waals surface area contributed by atoms with Gasteiger partial charge in [-0.2, -0.15) is 0 Å². The molecule has 0 spiro atoms. The largest absolute Gasteiger partial charge is 0.528 e. The second kappa shape index (κ2) is 5.15. The molecule has 0 radical (unpaired) electrons. The van der Waals surface area contributed by atoms with Gasteiger partial charge < -0.3 is 4.43 Å². The molecule has 1 aliphatic rings. The summed E-state index contributed by atoms with van der Waals surface area (Å²) in [7, 11) is 0.514. The van der Waals surface area contributed by atoms with Gasteiger partial charge in [0, 0.05) is 0 Å². The van der Waals surface area contributed by atoms with Crippen molar-refractivity contribution in [3.05, 3.63) is 0 Å². The molecule has 1 unspecified atom stereocenters. The quantitative estimate of drug-likeness (QED) is 0.691. The predicted molar refractivity (Wildman–Crippen MR) is 65.6 cm³/mol. The van der Waals surface area contributed by atoms with Crippen LogP contribution in [0.1, 0.15) is 52.9 Å². The average molecular weight is 228 g/mol. The van der Waals surface area contributed by atoms with Crippen LogP contribution in [0.2, 0.25) is 0 Å². The van der Waals surface area contributed by atoms with E-state index in [-0.39, 0.29) is 11.4 Å². The molecule has 0 saturated heterocycles. The maximum Gasteiger partial charge on any atom is 0.297 e. The Morgan fingerprint density at radius 3 is 2.33 bits per heavy atom. The molecular formula is C12H24O2Si. The van der Waals surface area contributed by atoms with E-state index in [1.165, 1.54) is 32.1 Å². The van der Waals surface area contributed by atoms with Crippen LogP contribution in [0.25, 0.3) is 0 Å². The van der Waals surface area contributed by atoms with Gasteiger partial charge >= 0.3 is 0 Å². The Morgan fingerprint density at radius 1 is 1.33 bits per heavy atom. The number of hydrogen-bond donors (Lipinski definition) is 0. The summed E-state index contributed by atoms with van der Waals surface area (Å²) < 4.78 is 5.03. The van der Waals surface area contributed by atoms with Crippen molar-refractivity contribution in [1.82, 2.24) is 0 Å². The van der Waals surface area contributed by atoms with Crippen molar-refractivity contribution in [2.75, 3.05) is 0 Å². The SMILES string of the molecule is CC(C1CCCCC1)C(C)(C)C(=O)O[SiH3]. The summed E-state index contributed by atoms with van der Waals surface area (Å²) in [6.07, 6.45) is 6.62. The van der Waals surface area contributed by atoms with E-state index in [0.29, 0.717) is 16.4 Å². The summed E-state index contributed by atoms with van der Waals surface area (Å²) in [5.41, 5.74) is -0.302. The van der Waals surface area contributed by atoms with Gasteiger partial charge in [0.25, 0.3) is 5.97 Å². The molecular weight excluding hydrogens is 204 g/mol. The lowest BCUT2D eigenvalue weighted by atomic mass is 9.68. The molecule has 1 rings (SSSR count). The van der Waals surface area contributed by atoms with Crippen LogP contribution in [0.15, 0.2) is 0 Å². The van der Waals surface area contributed by atoms with Crippen LogP contribution < -0.4 is 0 Å². The molecule has 1 saturated carbocycles. The predicted octanol–water partition coefficient (Wildman–Crippen LogP) is 2.05. The molecule has 0 heterocycles. The Hall–Kier alpha value is -0.313. The molecule has 0 aromatic rings. The summed E-state index contributed by atoms with van der Waals surface area (Å²) >= 11 is 0. The first kappa shape index (κ1) is 12.8. The van der Waals surface area contributed by atoms with E-state index < -0.39 is 0 Å². The fraction of sp³-hybridized carbons (Fsp3) is 0.917. The summed E-state index contributed by atoms with van der Waals surface area (Å²) in [5, 5.41) is 0. The maximum atomic E-state index is 11.7. The van der Waals surface area contributed by atoms with Gasteiger partial charge in [0.15, 0.2) is 0 Å². The Labute approximate surface area is 96.3 Å². The highest BCUT2D eigenvalue weighted by atomic mass is 28.2. The van der Waals surface area contributed by atoms with Crippen molar-refractivity contribution in [3.8, 4) is 0 Å². The molecule has 3 heteroatoms. The highest BCUT2D eigenvalue weighted by Gasteiger charge is 2.39. The second-order valence-corrected chi connectivity index (χ2v) is 5.81. The molecule has 0 aromatic carbocycles. The number of carbonyl (C=O) groups excluding carboxylic acids is 1. The van der Waals surface area contributed by atoms with Crippen LogP contribution in [-0.2, 0) is 9.22 Å². The van der Waals surface area contributed by atoms with E-state index >= 15 is 0 Å². The highest BCUT2D eigenvalue weighted by Crippen LogP contribution is 2.40. The third kappa shape index (κ3) is 2.83. The lowest BCUT2D eigenvalue weighted by Gasteiger charge is -2.37. The minimum atomic E-state index is -0.302. The molecule has 15 heavy (non-hydrogen) atoms. The smallest absolute Gasteiger partial charge is 0.297 e. The zero-order valence-corrected chi connectivity index (χ0v) is 12.5. The van der Waals surface area contributed by atoms with Gasteiger partial charge in [0.05, 0.1) is 5.41 Å². The van der Waals surface area contributed by atoms with Gasteiger partial charge in [0.1, 0.15) is 0 Å². The third-order valence-corrected chi connectivity index (χ3v) is 4.58. The zero-order valence-electron chi connectivity index (χ0n) is 10.5. The van der Waals surface area contributed by atoms with E-state index in [0.717, 1.165) is 5.92 Å². The van der Waals surface area contributed by atoms with Crippen LogP contribution in [0, 0.1) is 17.3 Å². The molecule has 1 aliphatic carbocycles. The van der Waals surface area contributed by atoms with Crippen molar-refractivity contribution in [1.29, 1.82) is 0 Å². The van der Waals surface area contributed by atoms with E-state index in [9.17, 15) is 4.79 Å². The van der Waals surface area contributed by atoms with Crippen molar-refractivity contribution in [3.63, 3.8) is 0 Å². The van der Waals surface area contributed by atoms with Gasteiger partial charge in [0.2, 0.25) is 10.5 Å². The Bertz CT molecular complexity index is 220. The van der Waals surface area contributed by atoms with Gasteiger partial charge in [-0.1, -0.05) is 39.0 Å². The summed E-state index contributed by atoms with van der Waals surface area (Å²) in [6.45, 7) is 6.29. The van der Waals surface area contributed by atoms with Gasteiger partial charge in [-0.05, 0) is 25.7 Å². The molecule has 0 N–H and O–H groups in total. The lowest BCUT2D eigenvalue weighted by Crippen LogP contribution is -2.37. The fourth-order valence-electron chi connectivity index (χ4n) is 2.67. The maximum absolute atomic E-state index is 11.7. The normalized spacial score (nSPS) is 21.3. The molecule has 2 nitrogen and oxygen atoms in total. The average Bonchev–Trinajstić information content (AvgIpc) is 2.28. The van der Waals surface area contributed by atoms with Gasteiger partial charge in [-0.3, -0.25) is 4.79 Å². The van der Waals surface area contributed by atoms with E-state index in [1.54, 1.807) is 0 Å². The first-order valence-electron chi connectivity index (χ1n) is 6.08. The highest BCUT2D eigenvalue weighted by molar-refractivity contribution is 6.06. The minimum absolute atomic E-state index is 0.00719. The lowest BCUT2D eigenvalue weighted by molar-refractivity contribution is -0.147. The minimum Gasteiger partial charge on any atom is -0.528 e. The number of rotatable bonds is 3. The van der Waals surface area contributed by atoms with Crippen LogP contribution in [-0.4, -0.2) is 16.5 Å². The second-order valence-electron chi connectivity index (χ2n) is 5.40. The summed E-state index contributed by atoms with van der Waals surface area (Å²) in [4.78, 5) is 11.7. The molecule has 0 amide bonds. The van der Waals surface area contributed by atoms with Gasteiger partial charge in [-0.25, -0.2) is 0 Å². The van der Waals surface area contributed by atoms with Crippen LogP contribution in [0.3, 0.4) is 0 Å². The molecule has 88 valence electrons. The van der Waals surface area contributed by atoms with Crippen molar-refractivity contribution < 1.29 is 9.22 Å². The van der Waals surface area contributed by atoms with Crippen molar-refractivity contribution in [2.24, 2.45) is 17.3 Å². The van der Waals surface area contributed by atoms with E-state index in [4.69, 9.17) is 4.43 Å². The fourth-order valence-corrected chi connectivity index (χ4v) is 3.20. The Kier molecular flexibility index (Phi) is 4.38. The monoisotopic (exact) mass is 228 g/mol.